The van der Waals surface area contributed by atoms with Crippen LogP contribution in [0.1, 0.15) is 28.4 Å². The molecule has 0 aliphatic heterocycles. The minimum absolute atomic E-state index is 0.0674. The van der Waals surface area contributed by atoms with Gasteiger partial charge in [-0.15, -0.1) is 0 Å². The van der Waals surface area contributed by atoms with Gasteiger partial charge in [0.05, 0.1) is 5.02 Å². The Labute approximate surface area is 134 Å². The molecule has 0 amide bonds. The monoisotopic (exact) mass is 322 g/mol. The van der Waals surface area contributed by atoms with E-state index in [0.29, 0.717) is 21.4 Å². The molecule has 0 aromatic heterocycles. The predicted octanol–water partition coefficient (Wildman–Crippen LogP) is 5.26. The molecule has 0 saturated heterocycles. The predicted molar refractivity (Wildman–Crippen MR) is 86.8 cm³/mol. The molecule has 0 N–H and O–H groups in total. The molecule has 0 radical (unpaired) electrons. The molecule has 2 aromatic rings. The number of halogens is 2. The molecule has 2 aromatic carbocycles. The maximum Gasteiger partial charge on any atom is 0.203 e. The van der Waals surface area contributed by atoms with Gasteiger partial charge >= 0.3 is 0 Å². The van der Waals surface area contributed by atoms with E-state index in [1.807, 2.05) is 32.0 Å². The number of Topliss-reactive ketones (excluding diaryl/α,β-unsaturated/α-hetero) is 1. The Morgan fingerprint density at radius 2 is 1.81 bits per heavy atom. The summed E-state index contributed by atoms with van der Waals surface area (Å²) < 4.78 is 5.67. The lowest BCUT2D eigenvalue weighted by Gasteiger charge is -2.16. The smallest absolute Gasteiger partial charge is 0.203 e. The summed E-state index contributed by atoms with van der Waals surface area (Å²) in [6.45, 7) is 5.58. The highest BCUT2D eigenvalue weighted by Gasteiger charge is 2.20. The fourth-order valence-corrected chi connectivity index (χ4v) is 2.49. The number of carbonyl (C=O) groups is 1. The third kappa shape index (κ3) is 3.78. The van der Waals surface area contributed by atoms with Crippen molar-refractivity contribution < 1.29 is 9.53 Å². The first-order valence-corrected chi connectivity index (χ1v) is 7.37. The first-order chi connectivity index (χ1) is 9.88. The summed E-state index contributed by atoms with van der Waals surface area (Å²) in [6.07, 6.45) is -0.621. The average Bonchev–Trinajstić information content (AvgIpc) is 2.43. The van der Waals surface area contributed by atoms with E-state index in [4.69, 9.17) is 27.9 Å². The fraction of sp³-hybridized carbons (Fsp3) is 0.235. The van der Waals surface area contributed by atoms with Crippen LogP contribution in [0.4, 0.5) is 0 Å². The molecule has 2 nitrogen and oxygen atoms in total. The number of hydrogen-bond acceptors (Lipinski definition) is 2. The van der Waals surface area contributed by atoms with Crippen molar-refractivity contribution in [3.05, 3.63) is 63.1 Å². The van der Waals surface area contributed by atoms with Crippen molar-refractivity contribution in [1.29, 1.82) is 0 Å². The van der Waals surface area contributed by atoms with Crippen molar-refractivity contribution in [2.24, 2.45) is 0 Å². The quantitative estimate of drug-likeness (QED) is 0.717. The number of ketones is 1. The van der Waals surface area contributed by atoms with Crippen molar-refractivity contribution in [2.45, 2.75) is 26.9 Å². The molecular weight excluding hydrogens is 307 g/mol. The number of hydrogen-bond donors (Lipinski definition) is 0. The van der Waals surface area contributed by atoms with Crippen LogP contribution in [0, 0.1) is 13.8 Å². The number of rotatable bonds is 4. The minimum Gasteiger partial charge on any atom is -0.481 e. The number of carbonyl (C=O) groups excluding carboxylic acids is 1. The molecule has 0 bridgehead atoms. The Morgan fingerprint density at radius 1 is 1.10 bits per heavy atom. The largest absolute Gasteiger partial charge is 0.481 e. The average molecular weight is 323 g/mol. The molecule has 1 atom stereocenters. The molecule has 2 rings (SSSR count). The summed E-state index contributed by atoms with van der Waals surface area (Å²) >= 11 is 11.9. The van der Waals surface area contributed by atoms with Gasteiger partial charge in [-0.05, 0) is 50.6 Å². The Hall–Kier alpha value is -1.51. The van der Waals surface area contributed by atoms with E-state index in [0.717, 1.165) is 11.1 Å². The van der Waals surface area contributed by atoms with Crippen molar-refractivity contribution in [3.63, 3.8) is 0 Å². The van der Waals surface area contributed by atoms with Gasteiger partial charge in [0, 0.05) is 10.6 Å². The molecule has 0 fully saturated rings. The van der Waals surface area contributed by atoms with Crippen molar-refractivity contribution >= 4 is 29.0 Å². The summed E-state index contributed by atoms with van der Waals surface area (Å²) in [5.41, 5.74) is 2.65. The highest BCUT2D eigenvalue weighted by Crippen LogP contribution is 2.29. The van der Waals surface area contributed by atoms with Gasteiger partial charge in [0.2, 0.25) is 5.78 Å². The second kappa shape index (κ2) is 6.50. The Kier molecular flexibility index (Phi) is 4.92. The number of aryl methyl sites for hydroxylation is 2. The molecule has 0 aliphatic carbocycles. The highest BCUT2D eigenvalue weighted by molar-refractivity contribution is 6.35. The van der Waals surface area contributed by atoms with Crippen molar-refractivity contribution in [3.8, 4) is 5.75 Å². The molecule has 110 valence electrons. The molecule has 0 spiro atoms. The lowest BCUT2D eigenvalue weighted by Crippen LogP contribution is -2.24. The number of ether oxygens (including phenoxy) is 1. The SMILES string of the molecule is Cc1ccc(C)c(C(=O)C(C)Oc2ccc(Cl)cc2Cl)c1. The molecule has 0 saturated carbocycles. The lowest BCUT2D eigenvalue weighted by atomic mass is 9.99. The Bertz CT molecular complexity index is 680. The summed E-state index contributed by atoms with van der Waals surface area (Å²) in [7, 11) is 0. The zero-order valence-corrected chi connectivity index (χ0v) is 13.6. The molecule has 4 heteroatoms. The van der Waals surface area contributed by atoms with Crippen LogP contribution in [0.25, 0.3) is 0 Å². The highest BCUT2D eigenvalue weighted by atomic mass is 35.5. The van der Waals surface area contributed by atoms with Crippen LogP contribution in [-0.4, -0.2) is 11.9 Å². The van der Waals surface area contributed by atoms with Crippen LogP contribution < -0.4 is 4.74 Å². The van der Waals surface area contributed by atoms with E-state index in [9.17, 15) is 4.79 Å². The van der Waals surface area contributed by atoms with E-state index in [1.165, 1.54) is 0 Å². The van der Waals surface area contributed by atoms with Crippen LogP contribution in [-0.2, 0) is 0 Å². The van der Waals surface area contributed by atoms with Crippen molar-refractivity contribution in [1.82, 2.24) is 0 Å². The maximum absolute atomic E-state index is 12.5. The first kappa shape index (κ1) is 15.9. The zero-order valence-electron chi connectivity index (χ0n) is 12.1. The fourth-order valence-electron chi connectivity index (χ4n) is 2.04. The molecule has 21 heavy (non-hydrogen) atoms. The third-order valence-electron chi connectivity index (χ3n) is 3.23. The van der Waals surface area contributed by atoms with E-state index in [-0.39, 0.29) is 5.78 Å². The van der Waals surface area contributed by atoms with E-state index in [1.54, 1.807) is 25.1 Å². The third-order valence-corrected chi connectivity index (χ3v) is 3.76. The van der Waals surface area contributed by atoms with E-state index >= 15 is 0 Å². The maximum atomic E-state index is 12.5. The van der Waals surface area contributed by atoms with Crippen LogP contribution in [0.2, 0.25) is 10.0 Å². The van der Waals surface area contributed by atoms with Gasteiger partial charge < -0.3 is 4.74 Å². The Morgan fingerprint density at radius 3 is 2.48 bits per heavy atom. The van der Waals surface area contributed by atoms with Crippen LogP contribution in [0.5, 0.6) is 5.75 Å². The van der Waals surface area contributed by atoms with Crippen molar-refractivity contribution in [2.75, 3.05) is 0 Å². The summed E-state index contributed by atoms with van der Waals surface area (Å²) in [4.78, 5) is 12.5. The van der Waals surface area contributed by atoms with Gasteiger partial charge in [0.25, 0.3) is 0 Å². The first-order valence-electron chi connectivity index (χ1n) is 6.61. The van der Waals surface area contributed by atoms with Crippen LogP contribution in [0.15, 0.2) is 36.4 Å². The standard InChI is InChI=1S/C17H16Cl2O2/c1-10-4-5-11(2)14(8-10)17(20)12(3)21-16-7-6-13(18)9-15(16)19/h4-9,12H,1-3H3. The zero-order chi connectivity index (χ0) is 15.6. The van der Waals surface area contributed by atoms with Crippen LogP contribution in [0.3, 0.4) is 0 Å². The molecule has 0 heterocycles. The summed E-state index contributed by atoms with van der Waals surface area (Å²) in [5, 5.41) is 0.920. The van der Waals surface area contributed by atoms with Gasteiger partial charge in [-0.25, -0.2) is 0 Å². The normalized spacial score (nSPS) is 12.0. The van der Waals surface area contributed by atoms with Gasteiger partial charge in [0.15, 0.2) is 6.10 Å². The van der Waals surface area contributed by atoms with Gasteiger partial charge in [-0.1, -0.05) is 40.9 Å². The molecule has 1 unspecified atom stereocenters. The van der Waals surface area contributed by atoms with E-state index < -0.39 is 6.10 Å². The second-order valence-corrected chi connectivity index (χ2v) is 5.86. The second-order valence-electron chi connectivity index (χ2n) is 5.02. The topological polar surface area (TPSA) is 26.3 Å². The lowest BCUT2D eigenvalue weighted by molar-refractivity contribution is 0.0817. The van der Waals surface area contributed by atoms with Gasteiger partial charge in [-0.3, -0.25) is 4.79 Å². The summed E-state index contributed by atoms with van der Waals surface area (Å²) in [5.74, 6) is 0.384. The molecule has 0 aliphatic rings. The Balaban J connectivity index is 2.21. The van der Waals surface area contributed by atoms with Gasteiger partial charge in [-0.2, -0.15) is 0 Å². The van der Waals surface area contributed by atoms with Crippen LogP contribution >= 0.6 is 23.2 Å². The van der Waals surface area contributed by atoms with E-state index in [2.05, 4.69) is 0 Å². The molecular formula is C17H16Cl2O2. The summed E-state index contributed by atoms with van der Waals surface area (Å²) in [6, 6.07) is 10.7. The number of benzene rings is 2. The minimum atomic E-state index is -0.621. The van der Waals surface area contributed by atoms with Gasteiger partial charge in [0.1, 0.15) is 5.75 Å².